The maximum atomic E-state index is 12.4. The van der Waals surface area contributed by atoms with Gasteiger partial charge in [-0.2, -0.15) is 5.10 Å². The molecule has 7 heteroatoms. The summed E-state index contributed by atoms with van der Waals surface area (Å²) < 4.78 is 6.92. The lowest BCUT2D eigenvalue weighted by molar-refractivity contribution is 0.0527. The van der Waals surface area contributed by atoms with Gasteiger partial charge in [0.1, 0.15) is 5.56 Å². The Labute approximate surface area is 156 Å². The summed E-state index contributed by atoms with van der Waals surface area (Å²) in [6, 6.07) is 8.34. The van der Waals surface area contributed by atoms with Gasteiger partial charge in [-0.1, -0.05) is 12.1 Å². The number of nitrogens with zero attached hydrogens (tertiary/aromatic N) is 3. The molecule has 1 N–H and O–H groups in total. The van der Waals surface area contributed by atoms with E-state index in [4.69, 9.17) is 4.74 Å². The van der Waals surface area contributed by atoms with E-state index < -0.39 is 0 Å². The van der Waals surface area contributed by atoms with Crippen LogP contribution >= 0.6 is 11.8 Å². The number of thioether (sulfide) groups is 1. The first kappa shape index (κ1) is 18.3. The highest BCUT2D eigenvalue weighted by Gasteiger charge is 2.20. The summed E-state index contributed by atoms with van der Waals surface area (Å²) in [6.45, 7) is 4.62. The first-order valence-electron chi connectivity index (χ1n) is 8.41. The van der Waals surface area contributed by atoms with Gasteiger partial charge in [0, 0.05) is 24.7 Å². The fraction of sp³-hybridized carbons (Fsp3) is 0.316. The predicted molar refractivity (Wildman–Crippen MR) is 105 cm³/mol. The lowest BCUT2D eigenvalue weighted by atomic mass is 10.1. The lowest BCUT2D eigenvalue weighted by Crippen LogP contribution is -2.11. The Morgan fingerprint density at radius 3 is 2.69 bits per heavy atom. The third-order valence-corrected chi connectivity index (χ3v) is 4.89. The molecule has 0 spiro atoms. The summed E-state index contributed by atoms with van der Waals surface area (Å²) in [6.07, 6.45) is 3.61. The van der Waals surface area contributed by atoms with Gasteiger partial charge in [-0.05, 0) is 37.8 Å². The van der Waals surface area contributed by atoms with Gasteiger partial charge in [-0.25, -0.2) is 9.78 Å². The van der Waals surface area contributed by atoms with Crippen LogP contribution in [0.1, 0.15) is 28.5 Å². The van der Waals surface area contributed by atoms with Gasteiger partial charge < -0.3 is 10.1 Å². The molecule has 0 fully saturated rings. The van der Waals surface area contributed by atoms with Crippen LogP contribution in [-0.2, 0) is 18.3 Å². The van der Waals surface area contributed by atoms with Gasteiger partial charge in [0.2, 0.25) is 0 Å². The van der Waals surface area contributed by atoms with Crippen LogP contribution in [0.25, 0.3) is 11.0 Å². The fourth-order valence-corrected chi connectivity index (χ4v) is 3.30. The number of hydrogen-bond donors (Lipinski definition) is 1. The molecule has 136 valence electrons. The Kier molecular flexibility index (Phi) is 5.46. The second kappa shape index (κ2) is 7.78. The highest BCUT2D eigenvalue weighted by Crippen LogP contribution is 2.29. The van der Waals surface area contributed by atoms with Crippen molar-refractivity contribution in [2.45, 2.75) is 25.3 Å². The molecule has 0 aliphatic rings. The van der Waals surface area contributed by atoms with Crippen molar-refractivity contribution in [1.82, 2.24) is 14.8 Å². The highest BCUT2D eigenvalue weighted by molar-refractivity contribution is 7.98. The quantitative estimate of drug-likeness (QED) is 0.526. The number of aromatic nitrogens is 3. The molecule has 6 nitrogen and oxygen atoms in total. The van der Waals surface area contributed by atoms with Crippen molar-refractivity contribution in [3.05, 3.63) is 47.3 Å². The van der Waals surface area contributed by atoms with Gasteiger partial charge in [0.25, 0.3) is 0 Å². The molecule has 0 aliphatic carbocycles. The number of aryl methyl sites for hydroxylation is 2. The fourth-order valence-electron chi connectivity index (χ4n) is 2.89. The monoisotopic (exact) mass is 370 g/mol. The van der Waals surface area contributed by atoms with Crippen LogP contribution in [0.4, 0.5) is 5.69 Å². The Hall–Kier alpha value is -2.54. The number of carbonyl (C=O) groups excluding carboxylic acids is 1. The number of ether oxygens (including phenoxy) is 1. The summed E-state index contributed by atoms with van der Waals surface area (Å²) in [5, 5.41) is 8.68. The molecule has 2 heterocycles. The first-order valence-corrected chi connectivity index (χ1v) is 9.63. The lowest BCUT2D eigenvalue weighted by Gasteiger charge is -2.13. The molecular formula is C19H22N4O2S. The van der Waals surface area contributed by atoms with E-state index in [0.29, 0.717) is 24.4 Å². The Balaban J connectivity index is 2.00. The van der Waals surface area contributed by atoms with E-state index in [1.807, 2.05) is 14.0 Å². The molecule has 0 amide bonds. The third kappa shape index (κ3) is 3.53. The minimum absolute atomic E-state index is 0.318. The van der Waals surface area contributed by atoms with E-state index in [2.05, 4.69) is 45.9 Å². The van der Waals surface area contributed by atoms with Crippen LogP contribution in [0.5, 0.6) is 0 Å². The molecule has 1 aromatic carbocycles. The van der Waals surface area contributed by atoms with Crippen LogP contribution in [-0.4, -0.2) is 33.6 Å². The number of carbonyl (C=O) groups is 1. The van der Waals surface area contributed by atoms with Gasteiger partial charge in [0.15, 0.2) is 5.65 Å². The largest absolute Gasteiger partial charge is 0.462 e. The number of anilines is 1. The van der Waals surface area contributed by atoms with Gasteiger partial charge in [0.05, 0.1) is 23.4 Å². The number of pyridine rings is 1. The molecule has 2 aromatic heterocycles. The van der Waals surface area contributed by atoms with Gasteiger partial charge in [-0.3, -0.25) is 4.68 Å². The van der Waals surface area contributed by atoms with Crippen molar-refractivity contribution in [1.29, 1.82) is 0 Å². The normalized spacial score (nSPS) is 10.9. The zero-order chi connectivity index (χ0) is 18.7. The second-order valence-corrected chi connectivity index (χ2v) is 6.76. The number of fused-ring (bicyclic) bond motifs is 1. The average molecular weight is 370 g/mol. The number of benzene rings is 1. The molecular weight excluding hydrogens is 348 g/mol. The molecule has 0 aliphatic heterocycles. The van der Waals surface area contributed by atoms with Crippen molar-refractivity contribution in [2.75, 3.05) is 18.2 Å². The highest BCUT2D eigenvalue weighted by atomic mass is 32.2. The Morgan fingerprint density at radius 2 is 2.04 bits per heavy atom. The van der Waals surface area contributed by atoms with Crippen LogP contribution in [0.2, 0.25) is 0 Å². The van der Waals surface area contributed by atoms with Crippen LogP contribution in [0, 0.1) is 6.92 Å². The maximum Gasteiger partial charge on any atom is 0.341 e. The van der Waals surface area contributed by atoms with Gasteiger partial charge in [-0.15, -0.1) is 11.8 Å². The van der Waals surface area contributed by atoms with Crippen molar-refractivity contribution in [3.8, 4) is 0 Å². The van der Waals surface area contributed by atoms with E-state index in [0.717, 1.165) is 22.3 Å². The van der Waals surface area contributed by atoms with Crippen molar-refractivity contribution in [3.63, 3.8) is 0 Å². The van der Waals surface area contributed by atoms with Crippen LogP contribution in [0.3, 0.4) is 0 Å². The SMILES string of the molecule is CCOC(=O)c1cnc2c(c(C)nn2C)c1NCc1ccc(SC)cc1. The Morgan fingerprint density at radius 1 is 1.31 bits per heavy atom. The van der Waals surface area contributed by atoms with E-state index >= 15 is 0 Å². The summed E-state index contributed by atoms with van der Waals surface area (Å²) in [7, 11) is 1.84. The van der Waals surface area contributed by atoms with E-state index in [9.17, 15) is 4.79 Å². The van der Waals surface area contributed by atoms with Crippen molar-refractivity contribution in [2.24, 2.45) is 7.05 Å². The molecule has 26 heavy (non-hydrogen) atoms. The third-order valence-electron chi connectivity index (χ3n) is 4.15. The smallest absolute Gasteiger partial charge is 0.341 e. The number of hydrogen-bond acceptors (Lipinski definition) is 6. The number of esters is 1. The molecule has 0 atom stereocenters. The van der Waals surface area contributed by atoms with E-state index in [1.165, 1.54) is 4.90 Å². The van der Waals surface area contributed by atoms with Crippen molar-refractivity contribution >= 4 is 34.5 Å². The topological polar surface area (TPSA) is 69.0 Å². The molecule has 0 radical (unpaired) electrons. The first-order chi connectivity index (χ1) is 12.5. The Bertz CT molecular complexity index is 935. The minimum Gasteiger partial charge on any atom is -0.462 e. The number of nitrogens with one attached hydrogen (secondary N) is 1. The van der Waals surface area contributed by atoms with Gasteiger partial charge >= 0.3 is 5.97 Å². The summed E-state index contributed by atoms with van der Waals surface area (Å²) in [5.74, 6) is -0.384. The molecule has 3 aromatic rings. The molecule has 0 bridgehead atoms. The zero-order valence-electron chi connectivity index (χ0n) is 15.4. The number of rotatable bonds is 6. The standard InChI is InChI=1S/C19H22N4O2S/c1-5-25-19(24)15-11-21-18-16(12(2)22-23(18)3)17(15)20-10-13-6-8-14(26-4)9-7-13/h6-9,11H,5,10H2,1-4H3,(H,20,21). The molecule has 0 unspecified atom stereocenters. The minimum atomic E-state index is -0.384. The summed E-state index contributed by atoms with van der Waals surface area (Å²) >= 11 is 1.71. The van der Waals surface area contributed by atoms with Crippen LogP contribution in [0.15, 0.2) is 35.4 Å². The molecule has 3 rings (SSSR count). The molecule has 0 saturated carbocycles. The molecule has 0 saturated heterocycles. The van der Waals surface area contributed by atoms with E-state index in [-0.39, 0.29) is 5.97 Å². The second-order valence-electron chi connectivity index (χ2n) is 5.88. The predicted octanol–water partition coefficient (Wildman–Crippen LogP) is 3.79. The average Bonchev–Trinajstić information content (AvgIpc) is 2.94. The zero-order valence-corrected chi connectivity index (χ0v) is 16.2. The maximum absolute atomic E-state index is 12.4. The van der Waals surface area contributed by atoms with Crippen LogP contribution < -0.4 is 5.32 Å². The summed E-state index contributed by atoms with van der Waals surface area (Å²) in [4.78, 5) is 18.0. The van der Waals surface area contributed by atoms with Crippen molar-refractivity contribution < 1.29 is 9.53 Å². The van der Waals surface area contributed by atoms with E-state index in [1.54, 1.807) is 29.6 Å². The summed E-state index contributed by atoms with van der Waals surface area (Å²) in [5.41, 5.74) is 3.82.